The molecule has 1 atom stereocenters. The molecule has 0 aliphatic rings. The Labute approximate surface area is 181 Å². The summed E-state index contributed by atoms with van der Waals surface area (Å²) in [5.74, 6) is 0.994. The highest BCUT2D eigenvalue weighted by atomic mass is 127. The van der Waals surface area contributed by atoms with Crippen molar-refractivity contribution >= 4 is 47.4 Å². The number of aliphatic imine (C=N–C) groups is 1. The highest BCUT2D eigenvalue weighted by Gasteiger charge is 2.06. The first-order valence-corrected chi connectivity index (χ1v) is 8.61. The smallest absolute Gasteiger partial charge is 0.248 e. The lowest BCUT2D eigenvalue weighted by Gasteiger charge is -2.18. The monoisotopic (exact) mass is 502 g/mol. The second-order valence-corrected chi connectivity index (χ2v) is 6.19. The summed E-state index contributed by atoms with van der Waals surface area (Å²) in [4.78, 5) is 15.3. The molecule has 27 heavy (non-hydrogen) atoms. The first-order valence-electron chi connectivity index (χ1n) is 8.23. The molecule has 0 radical (unpaired) electrons. The van der Waals surface area contributed by atoms with Gasteiger partial charge in [-0.15, -0.1) is 24.0 Å². The molecule has 0 aliphatic carbocycles. The van der Waals surface area contributed by atoms with Crippen molar-refractivity contribution in [3.63, 3.8) is 0 Å². The van der Waals surface area contributed by atoms with Gasteiger partial charge in [-0.2, -0.15) is 0 Å². The van der Waals surface area contributed by atoms with E-state index >= 15 is 0 Å². The predicted octanol–water partition coefficient (Wildman–Crippen LogP) is 3.19. The van der Waals surface area contributed by atoms with Crippen LogP contribution in [0, 0.1) is 0 Å². The van der Waals surface area contributed by atoms with Gasteiger partial charge < -0.3 is 21.1 Å². The van der Waals surface area contributed by atoms with E-state index < -0.39 is 5.91 Å². The first-order chi connectivity index (χ1) is 12.5. The Hall–Kier alpha value is -2.00. The summed E-state index contributed by atoms with van der Waals surface area (Å²) in [6.45, 7) is 3.13. The Bertz CT molecular complexity index is 751. The molecule has 8 heteroatoms. The minimum atomic E-state index is -0.434. The van der Waals surface area contributed by atoms with Crippen molar-refractivity contribution in [1.82, 2.24) is 10.6 Å². The van der Waals surface area contributed by atoms with E-state index in [9.17, 15) is 4.79 Å². The largest absolute Gasteiger partial charge is 0.489 e. The molecule has 0 saturated carbocycles. The molecule has 0 bridgehead atoms. The third-order valence-corrected chi connectivity index (χ3v) is 3.88. The van der Waals surface area contributed by atoms with E-state index in [1.165, 1.54) is 0 Å². The van der Waals surface area contributed by atoms with E-state index in [0.29, 0.717) is 29.6 Å². The number of nitrogens with two attached hydrogens (primary N) is 1. The van der Waals surface area contributed by atoms with Gasteiger partial charge in [0.2, 0.25) is 5.91 Å². The maximum atomic E-state index is 11.1. The molecule has 2 aromatic rings. The van der Waals surface area contributed by atoms with Crippen molar-refractivity contribution < 1.29 is 9.53 Å². The second kappa shape index (κ2) is 11.7. The zero-order chi connectivity index (χ0) is 18.9. The van der Waals surface area contributed by atoms with E-state index in [0.717, 1.165) is 11.3 Å². The molecule has 0 heterocycles. The van der Waals surface area contributed by atoms with Gasteiger partial charge in [-0.25, -0.2) is 0 Å². The Morgan fingerprint density at radius 2 is 1.78 bits per heavy atom. The molecule has 1 amide bonds. The number of carbonyl (C=O) groups excluding carboxylic acids is 1. The van der Waals surface area contributed by atoms with Crippen LogP contribution in [-0.2, 0) is 6.54 Å². The van der Waals surface area contributed by atoms with Gasteiger partial charge in [0.05, 0.1) is 6.54 Å². The fraction of sp³-hybridized carbons (Fsp3) is 0.263. The van der Waals surface area contributed by atoms with Gasteiger partial charge >= 0.3 is 0 Å². The molecule has 2 aromatic carbocycles. The number of carbonyl (C=O) groups is 1. The molecular formula is C19H24ClIN4O2. The van der Waals surface area contributed by atoms with E-state index in [1.54, 1.807) is 31.3 Å². The number of hydrogen-bond donors (Lipinski definition) is 3. The zero-order valence-electron chi connectivity index (χ0n) is 15.2. The molecular weight excluding hydrogens is 479 g/mol. The minimum absolute atomic E-state index is 0. The number of benzene rings is 2. The molecule has 2 rings (SSSR count). The molecule has 0 aliphatic heterocycles. The number of nitrogens with zero attached hydrogens (tertiary/aromatic N) is 1. The van der Waals surface area contributed by atoms with Crippen LogP contribution < -0.4 is 21.1 Å². The molecule has 6 nitrogen and oxygen atoms in total. The number of nitrogens with one attached hydrogen (secondary N) is 2. The second-order valence-electron chi connectivity index (χ2n) is 5.75. The van der Waals surface area contributed by atoms with Gasteiger partial charge in [0.25, 0.3) is 0 Å². The van der Waals surface area contributed by atoms with E-state index in [4.69, 9.17) is 22.1 Å². The SMILES string of the molecule is CN=C(NCc1ccc(C(N)=O)cc1)NCC(C)Oc1ccc(Cl)cc1.I. The summed E-state index contributed by atoms with van der Waals surface area (Å²) < 4.78 is 5.81. The summed E-state index contributed by atoms with van der Waals surface area (Å²) in [5.41, 5.74) is 6.74. The summed E-state index contributed by atoms with van der Waals surface area (Å²) in [5, 5.41) is 7.10. The number of hydrogen-bond acceptors (Lipinski definition) is 3. The standard InChI is InChI=1S/C19H23ClN4O2.HI/c1-13(26-17-9-7-16(20)8-10-17)11-23-19(22-2)24-12-14-3-5-15(6-4-14)18(21)25;/h3-10,13H,11-12H2,1-2H3,(H2,21,25)(H2,22,23,24);1H. The van der Waals surface area contributed by atoms with Crippen LogP contribution in [0.1, 0.15) is 22.8 Å². The number of halogens is 2. The zero-order valence-corrected chi connectivity index (χ0v) is 18.3. The molecule has 4 N–H and O–H groups in total. The third kappa shape index (κ3) is 8.04. The molecule has 1 unspecified atom stereocenters. The van der Waals surface area contributed by atoms with Crippen molar-refractivity contribution in [3.05, 3.63) is 64.7 Å². The lowest BCUT2D eigenvalue weighted by Crippen LogP contribution is -2.41. The molecule has 0 fully saturated rings. The number of ether oxygens (including phenoxy) is 1. The van der Waals surface area contributed by atoms with Gasteiger partial charge in [-0.05, 0) is 48.9 Å². The van der Waals surface area contributed by atoms with Crippen LogP contribution in [0.5, 0.6) is 5.75 Å². The van der Waals surface area contributed by atoms with Gasteiger partial charge in [0.1, 0.15) is 11.9 Å². The van der Waals surface area contributed by atoms with Gasteiger partial charge in [-0.1, -0.05) is 23.7 Å². The summed E-state index contributed by atoms with van der Waals surface area (Å²) in [6, 6.07) is 14.4. The fourth-order valence-electron chi connectivity index (χ4n) is 2.22. The highest BCUT2D eigenvalue weighted by molar-refractivity contribution is 14.0. The minimum Gasteiger partial charge on any atom is -0.489 e. The number of rotatable bonds is 7. The van der Waals surface area contributed by atoms with Crippen LogP contribution in [-0.4, -0.2) is 31.6 Å². The van der Waals surface area contributed by atoms with E-state index in [1.807, 2.05) is 31.2 Å². The molecule has 146 valence electrons. The van der Waals surface area contributed by atoms with Crippen LogP contribution in [0.15, 0.2) is 53.5 Å². The third-order valence-electron chi connectivity index (χ3n) is 3.63. The van der Waals surface area contributed by atoms with E-state index in [2.05, 4.69) is 15.6 Å². The van der Waals surface area contributed by atoms with Gasteiger partial charge in [0, 0.05) is 24.2 Å². The highest BCUT2D eigenvalue weighted by Crippen LogP contribution is 2.16. The molecule has 0 spiro atoms. The van der Waals surface area contributed by atoms with Crippen LogP contribution in [0.2, 0.25) is 5.02 Å². The normalized spacial score (nSPS) is 11.9. The van der Waals surface area contributed by atoms with Gasteiger partial charge in [0.15, 0.2) is 5.96 Å². The number of amides is 1. The molecule has 0 saturated heterocycles. The van der Waals surface area contributed by atoms with E-state index in [-0.39, 0.29) is 30.1 Å². The summed E-state index contributed by atoms with van der Waals surface area (Å²) >= 11 is 5.86. The van der Waals surface area contributed by atoms with Crippen molar-refractivity contribution in [2.24, 2.45) is 10.7 Å². The maximum Gasteiger partial charge on any atom is 0.248 e. The lowest BCUT2D eigenvalue weighted by atomic mass is 10.1. The Morgan fingerprint density at radius 1 is 1.15 bits per heavy atom. The molecule has 0 aromatic heterocycles. The Kier molecular flexibility index (Phi) is 9.95. The summed E-state index contributed by atoms with van der Waals surface area (Å²) in [7, 11) is 1.70. The topological polar surface area (TPSA) is 88.7 Å². The van der Waals surface area contributed by atoms with Crippen LogP contribution in [0.4, 0.5) is 0 Å². The van der Waals surface area contributed by atoms with Crippen LogP contribution in [0.3, 0.4) is 0 Å². The van der Waals surface area contributed by atoms with Crippen molar-refractivity contribution in [1.29, 1.82) is 0 Å². The fourth-order valence-corrected chi connectivity index (χ4v) is 2.35. The van der Waals surface area contributed by atoms with Crippen molar-refractivity contribution in [3.8, 4) is 5.75 Å². The van der Waals surface area contributed by atoms with Crippen molar-refractivity contribution in [2.75, 3.05) is 13.6 Å². The predicted molar refractivity (Wildman–Crippen MR) is 120 cm³/mol. The van der Waals surface area contributed by atoms with Crippen LogP contribution >= 0.6 is 35.6 Å². The summed E-state index contributed by atoms with van der Waals surface area (Å²) in [6.07, 6.45) is -0.0513. The van der Waals surface area contributed by atoms with Crippen LogP contribution in [0.25, 0.3) is 0 Å². The number of guanidine groups is 1. The van der Waals surface area contributed by atoms with Crippen molar-refractivity contribution in [2.45, 2.75) is 19.6 Å². The maximum absolute atomic E-state index is 11.1. The Morgan fingerprint density at radius 3 is 2.33 bits per heavy atom. The number of primary amides is 1. The lowest BCUT2D eigenvalue weighted by molar-refractivity contribution is 0.100. The average Bonchev–Trinajstić information content (AvgIpc) is 2.64. The Balaban J connectivity index is 0.00000364. The average molecular weight is 503 g/mol. The first kappa shape index (κ1) is 23.0. The van der Waals surface area contributed by atoms with Gasteiger partial charge in [-0.3, -0.25) is 9.79 Å². The quantitative estimate of drug-likeness (QED) is 0.308.